The summed E-state index contributed by atoms with van der Waals surface area (Å²) >= 11 is 1.35. The van der Waals surface area contributed by atoms with Crippen molar-refractivity contribution in [2.24, 2.45) is 4.99 Å². The number of aromatic nitrogens is 3. The summed E-state index contributed by atoms with van der Waals surface area (Å²) in [4.78, 5) is 26.1. The SMILES string of the molecule is CCOC(=O)c1sc(C(C)NC(=NC)NCCc2cn3cccc(C)c3n2)nc1C. The lowest BCUT2D eigenvalue weighted by Crippen LogP contribution is -2.39. The van der Waals surface area contributed by atoms with Gasteiger partial charge in [0.2, 0.25) is 0 Å². The van der Waals surface area contributed by atoms with Crippen LogP contribution in [0.5, 0.6) is 0 Å². The van der Waals surface area contributed by atoms with Gasteiger partial charge in [-0.25, -0.2) is 14.8 Å². The lowest BCUT2D eigenvalue weighted by atomic mass is 10.3. The molecule has 9 heteroatoms. The number of fused-ring (bicyclic) bond motifs is 1. The van der Waals surface area contributed by atoms with Crippen molar-refractivity contribution in [2.75, 3.05) is 20.2 Å². The number of hydrogen-bond donors (Lipinski definition) is 2. The van der Waals surface area contributed by atoms with Gasteiger partial charge in [0.25, 0.3) is 0 Å². The van der Waals surface area contributed by atoms with E-state index in [9.17, 15) is 4.79 Å². The van der Waals surface area contributed by atoms with Crippen LogP contribution in [-0.4, -0.2) is 46.5 Å². The number of hydrogen-bond acceptors (Lipinski definition) is 6. The van der Waals surface area contributed by atoms with Crippen molar-refractivity contribution in [2.45, 2.75) is 40.2 Å². The van der Waals surface area contributed by atoms with Gasteiger partial charge in [0, 0.05) is 32.4 Å². The highest BCUT2D eigenvalue weighted by Crippen LogP contribution is 2.24. The van der Waals surface area contributed by atoms with Crippen molar-refractivity contribution in [3.8, 4) is 0 Å². The van der Waals surface area contributed by atoms with Crippen LogP contribution in [0.4, 0.5) is 0 Å². The lowest BCUT2D eigenvalue weighted by Gasteiger charge is -2.15. The molecular weight excluding hydrogens is 400 g/mol. The molecule has 0 saturated heterocycles. The molecule has 0 aliphatic heterocycles. The Bertz CT molecular complexity index is 1060. The van der Waals surface area contributed by atoms with Crippen LogP contribution in [0.3, 0.4) is 0 Å². The number of esters is 1. The molecule has 30 heavy (non-hydrogen) atoms. The Morgan fingerprint density at radius 2 is 2.17 bits per heavy atom. The second kappa shape index (κ2) is 9.71. The minimum absolute atomic E-state index is 0.0964. The Hall–Kier alpha value is -2.94. The summed E-state index contributed by atoms with van der Waals surface area (Å²) in [5.41, 5.74) is 3.85. The van der Waals surface area contributed by atoms with E-state index < -0.39 is 0 Å². The van der Waals surface area contributed by atoms with Crippen molar-refractivity contribution in [1.29, 1.82) is 0 Å². The Balaban J connectivity index is 1.57. The highest BCUT2D eigenvalue weighted by atomic mass is 32.1. The Labute approximate surface area is 180 Å². The third-order valence-corrected chi connectivity index (χ3v) is 5.94. The average Bonchev–Trinajstić information content (AvgIpc) is 3.31. The van der Waals surface area contributed by atoms with E-state index in [4.69, 9.17) is 9.72 Å². The molecule has 3 aromatic rings. The molecule has 3 rings (SSSR count). The van der Waals surface area contributed by atoms with E-state index in [1.165, 1.54) is 11.3 Å². The van der Waals surface area contributed by atoms with Crippen molar-refractivity contribution >= 4 is 28.9 Å². The minimum atomic E-state index is -0.323. The number of aliphatic imine (C=N–C) groups is 1. The molecule has 0 fully saturated rings. The molecule has 0 amide bonds. The van der Waals surface area contributed by atoms with Gasteiger partial charge in [0.1, 0.15) is 15.5 Å². The lowest BCUT2D eigenvalue weighted by molar-refractivity contribution is 0.0531. The number of aryl methyl sites for hydroxylation is 2. The van der Waals surface area contributed by atoms with Gasteiger partial charge >= 0.3 is 5.97 Å². The zero-order valence-corrected chi connectivity index (χ0v) is 18.8. The number of nitrogens with one attached hydrogen (secondary N) is 2. The Kier molecular flexibility index (Phi) is 7.04. The second-order valence-corrected chi connectivity index (χ2v) is 7.99. The van der Waals surface area contributed by atoms with E-state index in [1.54, 1.807) is 14.0 Å². The van der Waals surface area contributed by atoms with Crippen LogP contribution in [0.2, 0.25) is 0 Å². The smallest absolute Gasteiger partial charge is 0.350 e. The molecule has 0 aliphatic rings. The number of carbonyl (C=O) groups excluding carboxylic acids is 1. The number of ether oxygens (including phenoxy) is 1. The van der Waals surface area contributed by atoms with E-state index in [2.05, 4.69) is 39.8 Å². The topological polar surface area (TPSA) is 92.9 Å². The first-order chi connectivity index (χ1) is 14.4. The fraction of sp³-hybridized carbons (Fsp3) is 0.429. The van der Waals surface area contributed by atoms with Gasteiger partial charge in [-0.15, -0.1) is 11.3 Å². The van der Waals surface area contributed by atoms with Crippen molar-refractivity contribution in [3.63, 3.8) is 0 Å². The maximum atomic E-state index is 12.0. The molecule has 8 nitrogen and oxygen atoms in total. The highest BCUT2D eigenvalue weighted by Gasteiger charge is 2.20. The molecule has 1 unspecified atom stereocenters. The number of carbonyl (C=O) groups is 1. The van der Waals surface area contributed by atoms with Gasteiger partial charge in [-0.1, -0.05) is 6.07 Å². The van der Waals surface area contributed by atoms with E-state index >= 15 is 0 Å². The van der Waals surface area contributed by atoms with E-state index in [-0.39, 0.29) is 12.0 Å². The first-order valence-corrected chi connectivity index (χ1v) is 10.8. The molecule has 3 heterocycles. The summed E-state index contributed by atoms with van der Waals surface area (Å²) in [5.74, 6) is 0.351. The zero-order chi connectivity index (χ0) is 21.7. The molecule has 1 atom stereocenters. The normalized spacial score (nSPS) is 12.8. The van der Waals surface area contributed by atoms with Gasteiger partial charge in [-0.3, -0.25) is 4.99 Å². The predicted molar refractivity (Wildman–Crippen MR) is 119 cm³/mol. The second-order valence-electron chi connectivity index (χ2n) is 6.96. The Morgan fingerprint density at radius 1 is 1.37 bits per heavy atom. The first-order valence-electron chi connectivity index (χ1n) is 9.97. The number of pyridine rings is 1. The van der Waals surface area contributed by atoms with Gasteiger partial charge in [0.15, 0.2) is 5.96 Å². The van der Waals surface area contributed by atoms with Crippen LogP contribution in [-0.2, 0) is 11.2 Å². The predicted octanol–water partition coefficient (Wildman–Crippen LogP) is 3.05. The van der Waals surface area contributed by atoms with E-state index in [1.807, 2.05) is 30.5 Å². The maximum Gasteiger partial charge on any atom is 0.350 e. The van der Waals surface area contributed by atoms with Crippen molar-refractivity contribution < 1.29 is 9.53 Å². The standard InChI is InChI=1S/C21H28N6O2S/c1-6-29-20(28)17-14(3)24-19(30-17)15(4)25-21(22-5)23-10-9-16-12-27-11-7-8-13(2)18(27)26-16/h7-8,11-12,15H,6,9-10H2,1-5H3,(H2,22,23,25). The summed E-state index contributed by atoms with van der Waals surface area (Å²) < 4.78 is 7.14. The third kappa shape index (κ3) is 4.96. The fourth-order valence-corrected chi connectivity index (χ4v) is 4.05. The highest BCUT2D eigenvalue weighted by molar-refractivity contribution is 7.13. The van der Waals surface area contributed by atoms with Gasteiger partial charge in [-0.2, -0.15) is 0 Å². The number of guanidine groups is 1. The summed E-state index contributed by atoms with van der Waals surface area (Å²) in [7, 11) is 1.73. The van der Waals surface area contributed by atoms with E-state index in [0.29, 0.717) is 29.7 Å². The van der Waals surface area contributed by atoms with Crippen molar-refractivity contribution in [3.05, 3.63) is 51.4 Å². The molecule has 0 bridgehead atoms. The molecule has 0 radical (unpaired) electrons. The van der Waals surface area contributed by atoms with Crippen molar-refractivity contribution in [1.82, 2.24) is 25.0 Å². The number of imidazole rings is 1. The van der Waals surface area contributed by atoms with Gasteiger partial charge < -0.3 is 19.8 Å². The van der Waals surface area contributed by atoms with Crippen LogP contribution < -0.4 is 10.6 Å². The fourth-order valence-electron chi connectivity index (χ4n) is 3.08. The number of thiazole rings is 1. The third-order valence-electron chi connectivity index (χ3n) is 4.62. The van der Waals surface area contributed by atoms with Crippen LogP contribution >= 0.6 is 11.3 Å². The van der Waals surface area contributed by atoms with E-state index in [0.717, 1.165) is 28.3 Å². The van der Waals surface area contributed by atoms with Crippen LogP contribution in [0.25, 0.3) is 5.65 Å². The summed E-state index contributed by atoms with van der Waals surface area (Å²) in [6.07, 6.45) is 4.84. The maximum absolute atomic E-state index is 12.0. The number of nitrogens with zero attached hydrogens (tertiary/aromatic N) is 4. The molecule has 0 spiro atoms. The molecule has 3 aromatic heterocycles. The van der Waals surface area contributed by atoms with Gasteiger partial charge in [-0.05, 0) is 39.3 Å². The van der Waals surface area contributed by atoms with Crippen LogP contribution in [0.1, 0.15) is 51.5 Å². The minimum Gasteiger partial charge on any atom is -0.462 e. The largest absolute Gasteiger partial charge is 0.462 e. The summed E-state index contributed by atoms with van der Waals surface area (Å²) in [5, 5.41) is 7.46. The summed E-state index contributed by atoms with van der Waals surface area (Å²) in [6.45, 7) is 8.71. The summed E-state index contributed by atoms with van der Waals surface area (Å²) in [6, 6.07) is 3.99. The Morgan fingerprint density at radius 3 is 2.87 bits per heavy atom. The van der Waals surface area contributed by atoms with Crippen LogP contribution in [0.15, 0.2) is 29.5 Å². The molecule has 160 valence electrons. The molecule has 0 aromatic carbocycles. The molecule has 0 saturated carbocycles. The zero-order valence-electron chi connectivity index (χ0n) is 18.0. The molecule has 0 aliphatic carbocycles. The monoisotopic (exact) mass is 428 g/mol. The average molecular weight is 429 g/mol. The molecule has 2 N–H and O–H groups in total. The quantitative estimate of drug-likeness (QED) is 0.341. The van der Waals surface area contributed by atoms with Crippen LogP contribution in [0, 0.1) is 13.8 Å². The first kappa shape index (κ1) is 21.8. The molecular formula is C21H28N6O2S. The van der Waals surface area contributed by atoms with Gasteiger partial charge in [0.05, 0.1) is 24.0 Å². The number of rotatable bonds is 7.